The van der Waals surface area contributed by atoms with Gasteiger partial charge in [-0.2, -0.15) is 4.79 Å². The Morgan fingerprint density at radius 2 is 1.88 bits per heavy atom. The third kappa shape index (κ3) is 6.08. The first-order valence-corrected chi connectivity index (χ1v) is 11.0. The number of imidazole rings is 1. The Hall–Kier alpha value is -3.38. The van der Waals surface area contributed by atoms with Crippen LogP contribution in [0.1, 0.15) is 61.1 Å². The highest BCUT2D eigenvalue weighted by molar-refractivity contribution is 6.62. The largest absolute Gasteiger partial charge is 0.452 e. The summed E-state index contributed by atoms with van der Waals surface area (Å²) in [5.74, 6) is -1.46. The average Bonchev–Trinajstić information content (AvgIpc) is 3.25. The monoisotopic (exact) mass is 436 g/mol. The van der Waals surface area contributed by atoms with Crippen LogP contribution in [0.2, 0.25) is 0 Å². The molecule has 1 heterocycles. The van der Waals surface area contributed by atoms with Crippen molar-refractivity contribution in [1.82, 2.24) is 9.55 Å². The van der Waals surface area contributed by atoms with Crippen molar-refractivity contribution < 1.29 is 23.9 Å². The molecule has 8 nitrogen and oxygen atoms in total. The molecule has 0 saturated heterocycles. The third-order valence-corrected chi connectivity index (χ3v) is 6.05. The van der Waals surface area contributed by atoms with Gasteiger partial charge in [0.05, 0.1) is 0 Å². The van der Waals surface area contributed by atoms with E-state index < -0.39 is 17.5 Å². The minimum atomic E-state index is -0.973. The number of hydrogen-bond donors (Lipinski definition) is 0. The number of nitrogens with zero attached hydrogens (tertiary/aromatic N) is 4. The molecule has 1 aliphatic rings. The summed E-state index contributed by atoms with van der Waals surface area (Å²) < 4.78 is 6.81. The van der Waals surface area contributed by atoms with E-state index in [0.717, 1.165) is 37.7 Å². The molecule has 0 unspecified atom stereocenters. The lowest BCUT2D eigenvalue weighted by Gasteiger charge is -2.29. The van der Waals surface area contributed by atoms with Crippen LogP contribution in [0.15, 0.2) is 42.7 Å². The van der Waals surface area contributed by atoms with Gasteiger partial charge in [-0.3, -0.25) is 9.59 Å². The first-order chi connectivity index (χ1) is 15.5. The van der Waals surface area contributed by atoms with Gasteiger partial charge in [0.2, 0.25) is 0 Å². The first kappa shape index (κ1) is 23.3. The minimum absolute atomic E-state index is 0.0321. The Balaban J connectivity index is 1.68. The molecule has 0 spiro atoms. The maximum Gasteiger partial charge on any atom is 0.441 e. The number of benzene rings is 1. The predicted molar refractivity (Wildman–Crippen MR) is 117 cm³/mol. The van der Waals surface area contributed by atoms with E-state index in [4.69, 9.17) is 4.74 Å². The van der Waals surface area contributed by atoms with Gasteiger partial charge in [0.1, 0.15) is 6.61 Å². The maximum absolute atomic E-state index is 12.9. The van der Waals surface area contributed by atoms with Gasteiger partial charge in [-0.25, -0.2) is 9.78 Å². The van der Waals surface area contributed by atoms with Crippen LogP contribution in [-0.2, 0) is 28.0 Å². The molecule has 3 rings (SSSR count). The summed E-state index contributed by atoms with van der Waals surface area (Å²) in [4.78, 5) is 45.2. The van der Waals surface area contributed by atoms with Crippen LogP contribution >= 0.6 is 0 Å². The van der Waals surface area contributed by atoms with E-state index in [0.29, 0.717) is 5.82 Å². The number of aryl methyl sites for hydroxylation is 1. The van der Waals surface area contributed by atoms with Crippen LogP contribution in [0, 0.1) is 11.8 Å². The lowest BCUT2D eigenvalue weighted by Crippen LogP contribution is -2.32. The molecule has 0 aliphatic heterocycles. The topological polar surface area (TPSA) is 115 Å². The fourth-order valence-electron chi connectivity index (χ4n) is 4.31. The van der Waals surface area contributed by atoms with Gasteiger partial charge in [-0.1, -0.05) is 62.4 Å². The van der Waals surface area contributed by atoms with E-state index in [1.807, 2.05) is 18.2 Å². The molecular weight excluding hydrogens is 408 g/mol. The Labute approximate surface area is 187 Å². The number of ether oxygens (including phenoxy) is 1. The zero-order valence-electron chi connectivity index (χ0n) is 18.3. The normalized spacial score (nSPS) is 14.9. The standard InChI is InChI=1S/C24H28N4O4/c1-28-13-12-26-23(28)21(30)15-19(18-10-6-3-7-11-18)14-20(29)22(27-25)24(31)32-16-17-8-4-2-5-9-17/h2,4-5,8-9,12-13,18-19H,3,6-7,10-11,14-16H2,1H3/t19-/m1/s1. The Morgan fingerprint density at radius 3 is 2.50 bits per heavy atom. The molecule has 1 atom stereocenters. The van der Waals surface area contributed by atoms with Crippen molar-refractivity contribution in [2.75, 3.05) is 0 Å². The lowest BCUT2D eigenvalue weighted by atomic mass is 9.75. The van der Waals surface area contributed by atoms with Gasteiger partial charge in [-0.05, 0) is 17.4 Å². The summed E-state index contributed by atoms with van der Waals surface area (Å²) >= 11 is 0. The van der Waals surface area contributed by atoms with Gasteiger partial charge in [-0.15, -0.1) is 0 Å². The summed E-state index contributed by atoms with van der Waals surface area (Å²) in [6.07, 6.45) is 8.45. The van der Waals surface area contributed by atoms with Crippen molar-refractivity contribution in [3.8, 4) is 0 Å². The van der Waals surface area contributed by atoms with Crippen molar-refractivity contribution in [3.63, 3.8) is 0 Å². The molecule has 1 aliphatic carbocycles. The quantitative estimate of drug-likeness (QED) is 0.141. The van der Waals surface area contributed by atoms with Crippen molar-refractivity contribution in [3.05, 3.63) is 59.6 Å². The van der Waals surface area contributed by atoms with Crippen LogP contribution in [0.5, 0.6) is 0 Å². The fourth-order valence-corrected chi connectivity index (χ4v) is 4.31. The summed E-state index contributed by atoms with van der Waals surface area (Å²) in [6.45, 7) is -0.0321. The molecule has 1 aromatic heterocycles. The summed E-state index contributed by atoms with van der Waals surface area (Å²) in [7, 11) is 1.75. The molecule has 1 fully saturated rings. The molecule has 32 heavy (non-hydrogen) atoms. The Morgan fingerprint density at radius 1 is 1.16 bits per heavy atom. The van der Waals surface area contributed by atoms with E-state index in [2.05, 4.69) is 9.77 Å². The summed E-state index contributed by atoms with van der Waals surface area (Å²) in [5, 5.41) is 0. The van der Waals surface area contributed by atoms with E-state index in [1.165, 1.54) is 0 Å². The molecule has 0 N–H and O–H groups in total. The lowest BCUT2D eigenvalue weighted by molar-refractivity contribution is -0.143. The van der Waals surface area contributed by atoms with E-state index in [-0.39, 0.29) is 37.1 Å². The number of Topliss-reactive ketones (excluding diaryl/α,β-unsaturated/α-hetero) is 2. The molecule has 168 valence electrons. The number of rotatable bonds is 10. The van der Waals surface area contributed by atoms with Crippen molar-refractivity contribution in [2.45, 2.75) is 51.6 Å². The molecular formula is C24H28N4O4. The van der Waals surface area contributed by atoms with Crippen LogP contribution < -0.4 is 0 Å². The van der Waals surface area contributed by atoms with Gasteiger partial charge in [0.25, 0.3) is 5.78 Å². The van der Waals surface area contributed by atoms with Crippen molar-refractivity contribution >= 4 is 23.2 Å². The van der Waals surface area contributed by atoms with E-state index >= 15 is 0 Å². The van der Waals surface area contributed by atoms with E-state index in [1.54, 1.807) is 36.1 Å². The van der Waals surface area contributed by atoms with Gasteiger partial charge < -0.3 is 14.8 Å². The Kier molecular flexibility index (Phi) is 8.22. The zero-order valence-corrected chi connectivity index (χ0v) is 18.3. The number of hydrogen-bond acceptors (Lipinski definition) is 5. The highest BCUT2D eigenvalue weighted by Gasteiger charge is 2.36. The summed E-state index contributed by atoms with van der Waals surface area (Å²) in [6, 6.07) is 9.03. The molecule has 1 saturated carbocycles. The third-order valence-electron chi connectivity index (χ3n) is 6.05. The second kappa shape index (κ2) is 11.3. The zero-order chi connectivity index (χ0) is 22.9. The van der Waals surface area contributed by atoms with E-state index in [9.17, 15) is 19.9 Å². The maximum atomic E-state index is 12.9. The van der Waals surface area contributed by atoms with Crippen LogP contribution in [-0.4, -0.2) is 37.6 Å². The molecule has 0 bridgehead atoms. The second-order valence-electron chi connectivity index (χ2n) is 8.28. The molecule has 0 radical (unpaired) electrons. The summed E-state index contributed by atoms with van der Waals surface area (Å²) in [5.41, 5.74) is 9.46. The minimum Gasteiger partial charge on any atom is -0.452 e. The van der Waals surface area contributed by atoms with Crippen LogP contribution in [0.4, 0.5) is 0 Å². The molecule has 0 amide bonds. The number of aromatic nitrogens is 2. The van der Waals surface area contributed by atoms with Crippen LogP contribution in [0.25, 0.3) is 5.53 Å². The fraction of sp³-hybridized carbons (Fsp3) is 0.458. The van der Waals surface area contributed by atoms with Gasteiger partial charge in [0, 0.05) is 32.3 Å². The molecule has 1 aromatic carbocycles. The molecule has 8 heteroatoms. The second-order valence-corrected chi connectivity index (χ2v) is 8.28. The first-order valence-electron chi connectivity index (χ1n) is 11.0. The number of carbonyl (C=O) groups excluding carboxylic acids is 3. The van der Waals surface area contributed by atoms with Crippen LogP contribution in [0.3, 0.4) is 0 Å². The highest BCUT2D eigenvalue weighted by Crippen LogP contribution is 2.34. The van der Waals surface area contributed by atoms with Gasteiger partial charge >= 0.3 is 11.7 Å². The number of ketones is 2. The smallest absolute Gasteiger partial charge is 0.441 e. The number of esters is 1. The Bertz CT molecular complexity index is 1000. The SMILES string of the molecule is Cn1ccnc1C(=O)C[C@@H](CC(=O)C(=[N+]=[N-])C(=O)OCc1ccccc1)C1CCCCC1. The van der Waals surface area contributed by atoms with Crippen molar-refractivity contribution in [1.29, 1.82) is 0 Å². The predicted octanol–water partition coefficient (Wildman–Crippen LogP) is 3.56. The molecule has 2 aromatic rings. The average molecular weight is 437 g/mol. The number of carbonyl (C=O) groups is 3. The highest BCUT2D eigenvalue weighted by atomic mass is 16.5. The van der Waals surface area contributed by atoms with Gasteiger partial charge in [0.15, 0.2) is 11.6 Å². The van der Waals surface area contributed by atoms with Crippen molar-refractivity contribution in [2.24, 2.45) is 18.9 Å².